The highest BCUT2D eigenvalue weighted by Crippen LogP contribution is 2.29. The lowest BCUT2D eigenvalue weighted by molar-refractivity contribution is 0.0602. The van der Waals surface area contributed by atoms with Crippen LogP contribution in [0, 0.1) is 5.82 Å². The lowest BCUT2D eigenvalue weighted by Crippen LogP contribution is -2.05. The van der Waals surface area contributed by atoms with E-state index in [9.17, 15) is 9.18 Å². The van der Waals surface area contributed by atoms with E-state index in [0.29, 0.717) is 0 Å². The third-order valence-corrected chi connectivity index (χ3v) is 2.40. The van der Waals surface area contributed by atoms with Gasteiger partial charge in [-0.25, -0.2) is 14.2 Å². The first-order valence-corrected chi connectivity index (χ1v) is 5.27. The number of benzene rings is 1. The Morgan fingerprint density at radius 2 is 2.33 bits per heavy atom. The lowest BCUT2D eigenvalue weighted by Gasteiger charge is -2.07. The van der Waals surface area contributed by atoms with Gasteiger partial charge in [-0.2, -0.15) is 0 Å². The Bertz CT molecular complexity index is 609. The Kier molecular flexibility index (Phi) is 3.05. The maximum atomic E-state index is 14.0. The van der Waals surface area contributed by atoms with Crippen molar-refractivity contribution >= 4 is 23.0 Å². The third-order valence-electron chi connectivity index (χ3n) is 2.40. The molecular weight excluding hydrogens is 241 g/mol. The van der Waals surface area contributed by atoms with Crippen molar-refractivity contribution in [2.24, 2.45) is 0 Å². The molecule has 3 N–H and O–H groups in total. The number of H-pyrrole nitrogens is 1. The number of nitrogen functional groups attached to an aromatic ring is 1. The van der Waals surface area contributed by atoms with Gasteiger partial charge in [-0.15, -0.1) is 0 Å². The molecule has 0 fully saturated rings. The molecule has 2 rings (SSSR count). The van der Waals surface area contributed by atoms with E-state index in [4.69, 9.17) is 10.5 Å². The summed E-state index contributed by atoms with van der Waals surface area (Å²) in [6.45, 7) is 1.98. The van der Waals surface area contributed by atoms with Gasteiger partial charge in [0.05, 0.1) is 24.8 Å². The zero-order valence-corrected chi connectivity index (χ0v) is 9.91. The molecule has 0 atom stereocenters. The molecule has 96 valence electrons. The summed E-state index contributed by atoms with van der Waals surface area (Å²) in [5, 5.41) is 0. The highest BCUT2D eigenvalue weighted by molar-refractivity contribution is 6.03. The molecule has 0 unspecified atom stereocenters. The van der Waals surface area contributed by atoms with Crippen molar-refractivity contribution in [3.8, 4) is 5.75 Å². The zero-order chi connectivity index (χ0) is 13.3. The number of methoxy groups -OCH3 is 1. The predicted molar refractivity (Wildman–Crippen MR) is 63.0 cm³/mol. The molecular formula is C11H12FN3O3. The van der Waals surface area contributed by atoms with E-state index < -0.39 is 11.8 Å². The van der Waals surface area contributed by atoms with Crippen molar-refractivity contribution < 1.29 is 18.7 Å². The number of hydrogen-bond acceptors (Lipinski definition) is 5. The molecule has 6 nitrogen and oxygen atoms in total. The smallest absolute Gasteiger partial charge is 0.340 e. The molecule has 1 heterocycles. The summed E-state index contributed by atoms with van der Waals surface area (Å²) in [5.74, 6) is -1.32. The van der Waals surface area contributed by atoms with E-state index in [2.05, 4.69) is 14.7 Å². The number of aromatic nitrogens is 2. The number of aromatic amines is 1. The molecule has 0 saturated carbocycles. The van der Waals surface area contributed by atoms with E-state index in [1.54, 1.807) is 6.92 Å². The monoisotopic (exact) mass is 253 g/mol. The molecule has 7 heteroatoms. The van der Waals surface area contributed by atoms with Crippen LogP contribution in [0.2, 0.25) is 0 Å². The van der Waals surface area contributed by atoms with Crippen molar-refractivity contribution in [1.29, 1.82) is 0 Å². The molecule has 0 aliphatic carbocycles. The second kappa shape index (κ2) is 4.52. The number of carbonyl (C=O) groups excluding carboxylic acids is 1. The van der Waals surface area contributed by atoms with Crippen molar-refractivity contribution in [3.63, 3.8) is 0 Å². The van der Waals surface area contributed by atoms with Crippen LogP contribution in [-0.2, 0) is 4.74 Å². The van der Waals surface area contributed by atoms with Gasteiger partial charge in [-0.1, -0.05) is 0 Å². The molecule has 0 amide bonds. The first-order chi connectivity index (χ1) is 8.58. The van der Waals surface area contributed by atoms with Crippen LogP contribution in [-0.4, -0.2) is 29.7 Å². The molecule has 1 aromatic heterocycles. The summed E-state index contributed by atoms with van der Waals surface area (Å²) in [6, 6.07) is 1.27. The number of imidazole rings is 1. The molecule has 0 aliphatic rings. The number of halogens is 1. The Labute approximate surface area is 102 Å². The number of anilines is 1. The number of rotatable bonds is 3. The van der Waals surface area contributed by atoms with E-state index in [1.165, 1.54) is 13.2 Å². The summed E-state index contributed by atoms with van der Waals surface area (Å²) in [5.41, 5.74) is 5.75. The summed E-state index contributed by atoms with van der Waals surface area (Å²) >= 11 is 0. The minimum atomic E-state index is -0.660. The Morgan fingerprint density at radius 3 is 2.94 bits per heavy atom. The minimum absolute atomic E-state index is 0.0164. The average molecular weight is 253 g/mol. The lowest BCUT2D eigenvalue weighted by atomic mass is 10.1. The average Bonchev–Trinajstić information content (AvgIpc) is 2.74. The van der Waals surface area contributed by atoms with E-state index in [0.717, 1.165) is 0 Å². The van der Waals surface area contributed by atoms with Gasteiger partial charge in [0.2, 0.25) is 0 Å². The number of nitrogens with one attached hydrogen (secondary N) is 1. The number of carbonyl (C=O) groups is 1. The Morgan fingerprint density at radius 1 is 1.61 bits per heavy atom. The second-order valence-corrected chi connectivity index (χ2v) is 3.51. The highest BCUT2D eigenvalue weighted by atomic mass is 19.1. The molecule has 0 bridgehead atoms. The van der Waals surface area contributed by atoms with Crippen LogP contribution in [0.4, 0.5) is 10.3 Å². The molecule has 0 saturated heterocycles. The van der Waals surface area contributed by atoms with Crippen LogP contribution in [0.1, 0.15) is 17.3 Å². The Balaban J connectivity index is 2.74. The predicted octanol–water partition coefficient (Wildman–Crippen LogP) is 1.47. The minimum Gasteiger partial charge on any atom is -0.491 e. The summed E-state index contributed by atoms with van der Waals surface area (Å²) < 4.78 is 23.7. The van der Waals surface area contributed by atoms with Crippen molar-refractivity contribution in [1.82, 2.24) is 9.97 Å². The van der Waals surface area contributed by atoms with Gasteiger partial charge in [-0.3, -0.25) is 0 Å². The fourth-order valence-electron chi connectivity index (χ4n) is 1.66. The number of nitrogens with zero attached hydrogens (tertiary/aromatic N) is 1. The van der Waals surface area contributed by atoms with Gasteiger partial charge >= 0.3 is 5.97 Å². The maximum Gasteiger partial charge on any atom is 0.340 e. The van der Waals surface area contributed by atoms with Gasteiger partial charge in [-0.05, 0) is 13.0 Å². The molecule has 0 spiro atoms. The fraction of sp³-hybridized carbons (Fsp3) is 0.273. The normalized spacial score (nSPS) is 10.6. The van der Waals surface area contributed by atoms with E-state index in [1.807, 2.05) is 0 Å². The van der Waals surface area contributed by atoms with E-state index >= 15 is 0 Å². The topological polar surface area (TPSA) is 90.2 Å². The molecule has 2 aromatic rings. The van der Waals surface area contributed by atoms with Gasteiger partial charge in [0.25, 0.3) is 0 Å². The van der Waals surface area contributed by atoms with Crippen LogP contribution in [0.3, 0.4) is 0 Å². The third kappa shape index (κ3) is 1.83. The van der Waals surface area contributed by atoms with Gasteiger partial charge in [0, 0.05) is 0 Å². The zero-order valence-electron chi connectivity index (χ0n) is 9.91. The van der Waals surface area contributed by atoms with Gasteiger partial charge in [0.1, 0.15) is 5.52 Å². The SMILES string of the molecule is CCOc1cc(C(=O)OC)c2[nH]c(N)nc2c1F. The van der Waals surface area contributed by atoms with Crippen LogP contribution in [0.5, 0.6) is 5.75 Å². The van der Waals surface area contributed by atoms with Crippen LogP contribution < -0.4 is 10.5 Å². The number of ether oxygens (including phenoxy) is 2. The fourth-order valence-corrected chi connectivity index (χ4v) is 1.66. The molecule has 0 radical (unpaired) electrons. The van der Waals surface area contributed by atoms with Gasteiger partial charge < -0.3 is 20.2 Å². The van der Waals surface area contributed by atoms with Crippen molar-refractivity contribution in [2.45, 2.75) is 6.92 Å². The molecule has 1 aromatic carbocycles. The standard InChI is InChI=1S/C11H12FN3O3/c1-3-18-6-4-5(10(16)17-2)8-9(7(6)12)15-11(13)14-8/h4H,3H2,1-2H3,(H3,13,14,15). The first kappa shape index (κ1) is 12.2. The molecule has 0 aliphatic heterocycles. The number of nitrogens with two attached hydrogens (primary N) is 1. The number of esters is 1. The summed E-state index contributed by atoms with van der Waals surface area (Å²) in [6.07, 6.45) is 0. The Hall–Kier alpha value is -2.31. The summed E-state index contributed by atoms with van der Waals surface area (Å²) in [4.78, 5) is 18.0. The number of fused-ring (bicyclic) bond motifs is 1. The summed E-state index contributed by atoms with van der Waals surface area (Å²) in [7, 11) is 1.23. The molecule has 18 heavy (non-hydrogen) atoms. The number of hydrogen-bond donors (Lipinski definition) is 2. The van der Waals surface area contributed by atoms with Crippen LogP contribution in [0.15, 0.2) is 6.07 Å². The second-order valence-electron chi connectivity index (χ2n) is 3.51. The van der Waals surface area contributed by atoms with Crippen LogP contribution >= 0.6 is 0 Å². The van der Waals surface area contributed by atoms with Crippen molar-refractivity contribution in [3.05, 3.63) is 17.4 Å². The quantitative estimate of drug-likeness (QED) is 0.808. The van der Waals surface area contributed by atoms with E-state index in [-0.39, 0.29) is 34.9 Å². The van der Waals surface area contributed by atoms with Crippen LogP contribution in [0.25, 0.3) is 11.0 Å². The first-order valence-electron chi connectivity index (χ1n) is 5.27. The maximum absolute atomic E-state index is 14.0. The highest BCUT2D eigenvalue weighted by Gasteiger charge is 2.21. The largest absolute Gasteiger partial charge is 0.491 e. The van der Waals surface area contributed by atoms with Gasteiger partial charge in [0.15, 0.2) is 17.5 Å². The van der Waals surface area contributed by atoms with Crippen molar-refractivity contribution in [2.75, 3.05) is 19.5 Å².